The van der Waals surface area contributed by atoms with Gasteiger partial charge in [-0.15, -0.1) is 6.54 Å². The van der Waals surface area contributed by atoms with Crippen LogP contribution in [0.2, 0.25) is 0 Å². The van der Waals surface area contributed by atoms with Gasteiger partial charge in [-0.3, -0.25) is 5.10 Å². The molecule has 11 heavy (non-hydrogen) atoms. The normalized spacial score (nSPS) is 8.91. The predicted molar refractivity (Wildman–Crippen MR) is 36.4 cm³/mol. The summed E-state index contributed by atoms with van der Waals surface area (Å²) in [4.78, 5) is 10.7. The van der Waals surface area contributed by atoms with Gasteiger partial charge >= 0.3 is 0 Å². The topological polar surface area (TPSA) is 34.9 Å². The third kappa shape index (κ3) is 2.83. The van der Waals surface area contributed by atoms with E-state index in [2.05, 4.69) is 18.2 Å². The Morgan fingerprint density at radius 1 is 1.91 bits per heavy atom. The third-order valence-electron chi connectivity index (χ3n) is 1.15. The second-order valence-electron chi connectivity index (χ2n) is 1.94. The Morgan fingerprint density at radius 3 is 2.82 bits per heavy atom. The van der Waals surface area contributed by atoms with Crippen molar-refractivity contribution in [3.05, 3.63) is 24.9 Å². The molecule has 0 atom stereocenters. The Balaban J connectivity index is 0.000001000. The van der Waals surface area contributed by atoms with E-state index >= 15 is 0 Å². The molecule has 1 radical (unpaired) electrons. The van der Waals surface area contributed by atoms with Gasteiger partial charge in [-0.2, -0.15) is 12.3 Å². The number of aromatic nitrogens is 2. The SMILES string of the molecule is [CH2-]Cn1[c-]cc(C(C)=O)n1.[Y]. The van der Waals surface area contributed by atoms with Crippen LogP contribution >= 0.6 is 0 Å². The molecule has 0 saturated heterocycles. The van der Waals surface area contributed by atoms with Crippen molar-refractivity contribution in [2.75, 3.05) is 0 Å². The van der Waals surface area contributed by atoms with Crippen molar-refractivity contribution in [1.29, 1.82) is 0 Å². The molecule has 0 aromatic carbocycles. The minimum Gasteiger partial charge on any atom is -0.406 e. The molecule has 4 heteroatoms. The molecule has 57 valence electrons. The smallest absolute Gasteiger partial charge is 0.0990 e. The van der Waals surface area contributed by atoms with Crippen molar-refractivity contribution < 1.29 is 37.5 Å². The maximum Gasteiger partial charge on any atom is 0.0990 e. The van der Waals surface area contributed by atoms with Crippen molar-refractivity contribution in [2.45, 2.75) is 13.5 Å². The van der Waals surface area contributed by atoms with Crippen molar-refractivity contribution in [2.24, 2.45) is 0 Å². The van der Waals surface area contributed by atoms with Gasteiger partial charge in [0, 0.05) is 32.7 Å². The Hall–Kier alpha value is -0.0161. The first-order valence-electron chi connectivity index (χ1n) is 2.99. The third-order valence-corrected chi connectivity index (χ3v) is 1.15. The maximum atomic E-state index is 10.7. The van der Waals surface area contributed by atoms with Gasteiger partial charge in [-0.1, -0.05) is 0 Å². The van der Waals surface area contributed by atoms with Crippen LogP contribution in [0.15, 0.2) is 6.07 Å². The van der Waals surface area contributed by atoms with E-state index in [9.17, 15) is 4.79 Å². The van der Waals surface area contributed by atoms with Crippen LogP contribution in [0.4, 0.5) is 0 Å². The first kappa shape index (κ1) is 11.0. The number of hydrogen-bond acceptors (Lipinski definition) is 2. The zero-order valence-electron chi connectivity index (χ0n) is 6.37. The Labute approximate surface area is 91.0 Å². The summed E-state index contributed by atoms with van der Waals surface area (Å²) >= 11 is 0. The fourth-order valence-electron chi connectivity index (χ4n) is 0.610. The zero-order chi connectivity index (χ0) is 7.56. The molecule has 0 aliphatic heterocycles. The number of ketones is 1. The molecule has 0 aliphatic carbocycles. The van der Waals surface area contributed by atoms with Gasteiger partial charge in [0.1, 0.15) is 0 Å². The molecule has 1 aromatic heterocycles. The van der Waals surface area contributed by atoms with Gasteiger partial charge in [0.2, 0.25) is 0 Å². The number of Topliss-reactive ketones (excluding diaryl/α,β-unsaturated/α-hetero) is 1. The quantitative estimate of drug-likeness (QED) is 0.549. The van der Waals surface area contributed by atoms with Crippen molar-refractivity contribution in [3.63, 3.8) is 0 Å². The van der Waals surface area contributed by atoms with E-state index in [1.54, 1.807) is 6.07 Å². The molecule has 0 saturated carbocycles. The van der Waals surface area contributed by atoms with Crippen LogP contribution in [0, 0.1) is 13.1 Å². The summed E-state index contributed by atoms with van der Waals surface area (Å²) in [5.74, 6) is -0.0385. The maximum absolute atomic E-state index is 10.7. The predicted octanol–water partition coefficient (Wildman–Crippen LogP) is 0.717. The molecule has 0 unspecified atom stereocenters. The molecule has 0 spiro atoms. The van der Waals surface area contributed by atoms with E-state index in [0.717, 1.165) is 0 Å². The molecule has 0 fully saturated rings. The molecule has 1 aromatic rings. The van der Waals surface area contributed by atoms with Crippen molar-refractivity contribution >= 4 is 5.78 Å². The summed E-state index contributed by atoms with van der Waals surface area (Å²) in [6.45, 7) is 5.57. The van der Waals surface area contributed by atoms with E-state index in [1.807, 2.05) is 0 Å². The standard InChI is InChI=1S/C7H8N2O.Y/c1-3-9-5-4-7(8-9)6(2)10;/h4H,1,3H2,2H3;/q-2;. The van der Waals surface area contributed by atoms with Crippen molar-refractivity contribution in [3.8, 4) is 0 Å². The molecule has 0 N–H and O–H groups in total. The van der Waals surface area contributed by atoms with E-state index in [-0.39, 0.29) is 38.5 Å². The largest absolute Gasteiger partial charge is 0.406 e. The fourth-order valence-corrected chi connectivity index (χ4v) is 0.610. The molecule has 0 amide bonds. The average molecular weight is 225 g/mol. The summed E-state index contributed by atoms with van der Waals surface area (Å²) in [6, 6.07) is 1.56. The van der Waals surface area contributed by atoms with Crippen LogP contribution in [-0.4, -0.2) is 15.6 Å². The molecule has 1 rings (SSSR count). The number of nitrogens with zero attached hydrogens (tertiary/aromatic N) is 2. The Bertz CT molecular complexity index is 244. The summed E-state index contributed by atoms with van der Waals surface area (Å²) in [6.07, 6.45) is 2.76. The van der Waals surface area contributed by atoms with Gasteiger partial charge in [0.05, 0.1) is 5.78 Å². The Morgan fingerprint density at radius 2 is 2.55 bits per heavy atom. The summed E-state index contributed by atoms with van der Waals surface area (Å²) in [5, 5.41) is 3.88. The fraction of sp³-hybridized carbons (Fsp3) is 0.286. The molecule has 0 bridgehead atoms. The van der Waals surface area contributed by atoms with Crippen molar-refractivity contribution in [1.82, 2.24) is 9.78 Å². The molecule has 1 heterocycles. The molecule has 3 nitrogen and oxygen atoms in total. The summed E-state index contributed by atoms with van der Waals surface area (Å²) in [7, 11) is 0. The molecular formula is C7H8N2OY-2. The summed E-state index contributed by atoms with van der Waals surface area (Å²) < 4.78 is 1.50. The average Bonchev–Trinajstić information content (AvgIpc) is 2.34. The van der Waals surface area contributed by atoms with E-state index in [0.29, 0.717) is 12.2 Å². The van der Waals surface area contributed by atoms with E-state index < -0.39 is 0 Å². The molecular weight excluding hydrogens is 217 g/mol. The van der Waals surface area contributed by atoms with Gasteiger partial charge < -0.3 is 16.4 Å². The number of carbonyl (C=O) groups excluding carboxylic acids is 1. The first-order chi connectivity index (χ1) is 4.74. The van der Waals surface area contributed by atoms with E-state index in [1.165, 1.54) is 11.6 Å². The van der Waals surface area contributed by atoms with Gasteiger partial charge in [0.15, 0.2) is 0 Å². The minimum absolute atomic E-state index is 0. The van der Waals surface area contributed by atoms with E-state index in [4.69, 9.17) is 0 Å². The van der Waals surface area contributed by atoms with Crippen LogP contribution in [0.25, 0.3) is 0 Å². The van der Waals surface area contributed by atoms with Crippen LogP contribution in [0.3, 0.4) is 0 Å². The second kappa shape index (κ2) is 4.78. The zero-order valence-corrected chi connectivity index (χ0v) is 9.21. The number of rotatable bonds is 2. The van der Waals surface area contributed by atoms with Gasteiger partial charge in [-0.25, -0.2) is 0 Å². The van der Waals surface area contributed by atoms with Gasteiger partial charge in [0.25, 0.3) is 0 Å². The van der Waals surface area contributed by atoms with Gasteiger partial charge in [-0.05, 0) is 12.6 Å². The molecule has 0 aliphatic rings. The van der Waals surface area contributed by atoms with Crippen LogP contribution in [-0.2, 0) is 39.3 Å². The summed E-state index contributed by atoms with van der Waals surface area (Å²) in [5.41, 5.74) is 0.448. The van der Waals surface area contributed by atoms with Crippen LogP contribution in [0.5, 0.6) is 0 Å². The minimum atomic E-state index is -0.0385. The first-order valence-corrected chi connectivity index (χ1v) is 2.99. The van der Waals surface area contributed by atoms with Crippen LogP contribution in [0.1, 0.15) is 17.4 Å². The Kier molecular flexibility index (Phi) is 4.77. The number of carbonyl (C=O) groups is 1. The number of hydrogen-bond donors (Lipinski definition) is 0. The van der Waals surface area contributed by atoms with Crippen LogP contribution < -0.4 is 0 Å². The monoisotopic (exact) mass is 225 g/mol. The second-order valence-corrected chi connectivity index (χ2v) is 1.94.